The van der Waals surface area contributed by atoms with Crippen molar-refractivity contribution in [2.45, 2.75) is 51.2 Å². The molecule has 3 saturated heterocycles. The number of hydrogen-bond donors (Lipinski definition) is 1. The average molecular weight is 449 g/mol. The van der Waals surface area contributed by atoms with Gasteiger partial charge in [-0.3, -0.25) is 4.90 Å². The lowest BCUT2D eigenvalue weighted by Gasteiger charge is -2.41. The zero-order valence-corrected chi connectivity index (χ0v) is 19.4. The molecule has 0 bridgehead atoms. The highest BCUT2D eigenvalue weighted by Gasteiger charge is 2.31. The molecule has 3 aromatic rings. The molecule has 0 spiro atoms. The molecule has 3 aliphatic heterocycles. The van der Waals surface area contributed by atoms with Gasteiger partial charge in [-0.15, -0.1) is 0 Å². The maximum absolute atomic E-state index is 9.96. The van der Waals surface area contributed by atoms with E-state index in [0.29, 0.717) is 24.3 Å². The van der Waals surface area contributed by atoms with Crippen molar-refractivity contribution in [3.63, 3.8) is 0 Å². The second-order valence-corrected chi connectivity index (χ2v) is 9.85. The Morgan fingerprint density at radius 2 is 1.76 bits per heavy atom. The van der Waals surface area contributed by atoms with Gasteiger partial charge in [-0.05, 0) is 75.4 Å². The minimum Gasteiger partial charge on any atom is -0.391 e. The van der Waals surface area contributed by atoms with E-state index in [1.165, 1.54) is 24.0 Å². The lowest BCUT2D eigenvalue weighted by Crippen LogP contribution is -2.51. The maximum Gasteiger partial charge on any atom is 0.159 e. The fourth-order valence-corrected chi connectivity index (χ4v) is 5.59. The standard InChI is InChI=1S/C25H32N6O2/c1-16-9-19-12-26-31(25-11-24(27-17(2)28-25)30-8-5-21(32)13-30)23(19)10-22(16)18-3-6-29(7-4-18)20-14-33-15-20/h9-12,18,20-21,32H,3-8,13-15H2,1-2H3. The van der Waals surface area contributed by atoms with Gasteiger partial charge >= 0.3 is 0 Å². The fourth-order valence-electron chi connectivity index (χ4n) is 5.59. The fraction of sp³-hybridized carbons (Fsp3) is 0.560. The number of aliphatic hydroxyl groups excluding tert-OH is 1. The Hall–Kier alpha value is -2.55. The maximum atomic E-state index is 9.96. The molecule has 1 aromatic carbocycles. The highest BCUT2D eigenvalue weighted by atomic mass is 16.5. The smallest absolute Gasteiger partial charge is 0.159 e. The molecular weight excluding hydrogens is 416 g/mol. The number of hydrogen-bond acceptors (Lipinski definition) is 7. The number of likely N-dealkylation sites (tertiary alicyclic amines) is 1. The molecule has 5 heterocycles. The van der Waals surface area contributed by atoms with Crippen LogP contribution in [-0.2, 0) is 4.74 Å². The SMILES string of the molecule is Cc1nc(N2CCC(O)C2)cc(-n2ncc3cc(C)c(C4CCN(C5COC5)CC4)cc32)n1. The van der Waals surface area contributed by atoms with Crippen molar-refractivity contribution in [3.05, 3.63) is 41.3 Å². The second kappa shape index (κ2) is 8.34. The normalized spacial score (nSPS) is 22.9. The van der Waals surface area contributed by atoms with Gasteiger partial charge < -0.3 is 14.7 Å². The Kier molecular flexibility index (Phi) is 5.31. The van der Waals surface area contributed by atoms with Crippen molar-refractivity contribution in [3.8, 4) is 5.82 Å². The number of aryl methyl sites for hydroxylation is 2. The molecule has 0 saturated carbocycles. The molecule has 3 aliphatic rings. The molecule has 0 aliphatic carbocycles. The largest absolute Gasteiger partial charge is 0.391 e. The van der Waals surface area contributed by atoms with Crippen molar-refractivity contribution < 1.29 is 9.84 Å². The zero-order valence-electron chi connectivity index (χ0n) is 19.4. The number of aromatic nitrogens is 4. The number of fused-ring (bicyclic) bond motifs is 1. The van der Waals surface area contributed by atoms with E-state index >= 15 is 0 Å². The van der Waals surface area contributed by atoms with Gasteiger partial charge in [0.15, 0.2) is 5.82 Å². The highest BCUT2D eigenvalue weighted by molar-refractivity contribution is 5.82. The predicted molar refractivity (Wildman–Crippen MR) is 127 cm³/mol. The summed E-state index contributed by atoms with van der Waals surface area (Å²) in [6.07, 6.45) is 4.79. The number of β-amino-alcohol motifs (C(OH)–C–C–N with tert-alkyl or cyclic N) is 1. The molecule has 0 radical (unpaired) electrons. The Morgan fingerprint density at radius 1 is 0.970 bits per heavy atom. The van der Waals surface area contributed by atoms with E-state index in [9.17, 15) is 5.11 Å². The number of rotatable bonds is 4. The summed E-state index contributed by atoms with van der Waals surface area (Å²) in [5.41, 5.74) is 3.87. The zero-order chi connectivity index (χ0) is 22.5. The average Bonchev–Trinajstić information content (AvgIpc) is 3.38. The summed E-state index contributed by atoms with van der Waals surface area (Å²) in [7, 11) is 0. The van der Waals surface area contributed by atoms with E-state index in [4.69, 9.17) is 14.8 Å². The molecule has 6 rings (SSSR count). The molecular formula is C25H32N6O2. The van der Waals surface area contributed by atoms with Crippen LogP contribution in [0, 0.1) is 13.8 Å². The molecule has 1 atom stereocenters. The van der Waals surface area contributed by atoms with E-state index in [1.807, 2.05) is 23.9 Å². The molecule has 174 valence electrons. The number of ether oxygens (including phenoxy) is 1. The number of aliphatic hydroxyl groups is 1. The molecule has 2 aromatic heterocycles. The van der Waals surface area contributed by atoms with Gasteiger partial charge in [-0.2, -0.15) is 5.10 Å². The first-order valence-corrected chi connectivity index (χ1v) is 12.1. The Balaban J connectivity index is 1.31. The Bertz CT molecular complexity index is 1170. The summed E-state index contributed by atoms with van der Waals surface area (Å²) in [6, 6.07) is 7.23. The summed E-state index contributed by atoms with van der Waals surface area (Å²) in [4.78, 5) is 14.1. The second-order valence-electron chi connectivity index (χ2n) is 9.85. The first kappa shape index (κ1) is 21.0. The van der Waals surface area contributed by atoms with Crippen molar-refractivity contribution in [1.29, 1.82) is 0 Å². The van der Waals surface area contributed by atoms with Crippen LogP contribution < -0.4 is 4.90 Å². The Labute approximate surface area is 194 Å². The summed E-state index contributed by atoms with van der Waals surface area (Å²) in [5.74, 6) is 2.93. The van der Waals surface area contributed by atoms with Crippen molar-refractivity contribution >= 4 is 16.7 Å². The minimum atomic E-state index is -0.289. The molecule has 33 heavy (non-hydrogen) atoms. The van der Waals surface area contributed by atoms with Crippen LogP contribution in [0.25, 0.3) is 16.7 Å². The van der Waals surface area contributed by atoms with Crippen molar-refractivity contribution in [2.75, 3.05) is 44.3 Å². The summed E-state index contributed by atoms with van der Waals surface area (Å²) in [5, 5.41) is 15.8. The van der Waals surface area contributed by atoms with Gasteiger partial charge in [0.05, 0.1) is 37.1 Å². The molecule has 8 heteroatoms. The molecule has 1 N–H and O–H groups in total. The highest BCUT2D eigenvalue weighted by Crippen LogP contribution is 2.34. The summed E-state index contributed by atoms with van der Waals surface area (Å²) in [6.45, 7) is 9.65. The Morgan fingerprint density at radius 3 is 2.45 bits per heavy atom. The van der Waals surface area contributed by atoms with Gasteiger partial charge in [0.25, 0.3) is 0 Å². The van der Waals surface area contributed by atoms with Crippen molar-refractivity contribution in [1.82, 2.24) is 24.6 Å². The number of anilines is 1. The van der Waals surface area contributed by atoms with Gasteiger partial charge in [-0.25, -0.2) is 14.6 Å². The van der Waals surface area contributed by atoms with Crippen LogP contribution >= 0.6 is 0 Å². The van der Waals surface area contributed by atoms with E-state index in [1.54, 1.807) is 0 Å². The number of piperidine rings is 1. The van der Waals surface area contributed by atoms with Crippen LogP contribution in [0.4, 0.5) is 5.82 Å². The van der Waals surface area contributed by atoms with E-state index in [2.05, 4.69) is 33.8 Å². The van der Waals surface area contributed by atoms with Gasteiger partial charge in [0.1, 0.15) is 11.6 Å². The van der Waals surface area contributed by atoms with Gasteiger partial charge in [0.2, 0.25) is 0 Å². The van der Waals surface area contributed by atoms with Crippen molar-refractivity contribution in [2.24, 2.45) is 0 Å². The van der Waals surface area contributed by atoms with Crippen LogP contribution in [0.3, 0.4) is 0 Å². The number of benzene rings is 1. The quantitative estimate of drug-likeness (QED) is 0.657. The molecule has 1 unspecified atom stereocenters. The lowest BCUT2D eigenvalue weighted by molar-refractivity contribution is -0.0712. The van der Waals surface area contributed by atoms with Crippen LogP contribution in [0.2, 0.25) is 0 Å². The molecule has 8 nitrogen and oxygen atoms in total. The lowest BCUT2D eigenvalue weighted by atomic mass is 9.85. The monoisotopic (exact) mass is 448 g/mol. The topological polar surface area (TPSA) is 79.5 Å². The third-order valence-corrected chi connectivity index (χ3v) is 7.58. The van der Waals surface area contributed by atoms with E-state index < -0.39 is 0 Å². The minimum absolute atomic E-state index is 0.289. The first-order chi connectivity index (χ1) is 16.0. The third-order valence-electron chi connectivity index (χ3n) is 7.58. The number of nitrogens with zero attached hydrogens (tertiary/aromatic N) is 6. The summed E-state index contributed by atoms with van der Waals surface area (Å²) >= 11 is 0. The first-order valence-electron chi connectivity index (χ1n) is 12.1. The molecule has 0 amide bonds. The van der Waals surface area contributed by atoms with Crippen LogP contribution in [0.5, 0.6) is 0 Å². The van der Waals surface area contributed by atoms with Crippen LogP contribution in [0.1, 0.15) is 42.1 Å². The van der Waals surface area contributed by atoms with E-state index in [-0.39, 0.29) is 6.10 Å². The van der Waals surface area contributed by atoms with Crippen LogP contribution in [-0.4, -0.2) is 81.3 Å². The third kappa shape index (κ3) is 3.90. The predicted octanol–water partition coefficient (Wildman–Crippen LogP) is 2.58. The van der Waals surface area contributed by atoms with Crippen LogP contribution in [0.15, 0.2) is 24.4 Å². The summed E-state index contributed by atoms with van der Waals surface area (Å²) < 4.78 is 7.34. The van der Waals surface area contributed by atoms with Gasteiger partial charge in [-0.1, -0.05) is 0 Å². The molecule has 3 fully saturated rings. The van der Waals surface area contributed by atoms with E-state index in [0.717, 1.165) is 61.8 Å². The van der Waals surface area contributed by atoms with Gasteiger partial charge in [0, 0.05) is 24.5 Å².